The maximum Gasteiger partial charge on any atom is 0.345 e. The number of hydrogen-bond acceptors (Lipinski definition) is 5. The van der Waals surface area contributed by atoms with Gasteiger partial charge in [-0.05, 0) is 71.3 Å². The lowest BCUT2D eigenvalue weighted by Gasteiger charge is -2.16. The zero-order chi connectivity index (χ0) is 23.0. The van der Waals surface area contributed by atoms with Gasteiger partial charge in [0.15, 0.2) is 0 Å². The zero-order valence-electron chi connectivity index (χ0n) is 17.5. The molecule has 8 heteroatoms. The monoisotopic (exact) mass is 556 g/mol. The van der Waals surface area contributed by atoms with Gasteiger partial charge in [-0.3, -0.25) is 0 Å². The Balaban J connectivity index is 2.18. The molecular weight excluding hydrogens is 540 g/mol. The fourth-order valence-corrected chi connectivity index (χ4v) is 4.50. The van der Waals surface area contributed by atoms with Crippen LogP contribution < -0.4 is 9.79 Å². The third-order valence-electron chi connectivity index (χ3n) is 5.11. The summed E-state index contributed by atoms with van der Waals surface area (Å²) in [4.78, 5) is 13.2. The van der Waals surface area contributed by atoms with E-state index in [2.05, 4.69) is 37.0 Å². The van der Waals surface area contributed by atoms with E-state index in [1.54, 1.807) is 25.3 Å². The number of methoxy groups -OCH3 is 2. The molecule has 0 bridgehead atoms. The molecule has 0 unspecified atom stereocenters. The van der Waals surface area contributed by atoms with Crippen molar-refractivity contribution in [1.29, 1.82) is 0 Å². The highest BCUT2D eigenvalue weighted by molar-refractivity contribution is 9.10. The van der Waals surface area contributed by atoms with Crippen LogP contribution in [-0.2, 0) is 14.3 Å². The van der Waals surface area contributed by atoms with E-state index in [4.69, 9.17) is 9.47 Å². The number of esters is 1. The Kier molecular flexibility index (Phi) is 6.17. The molecule has 0 N–H and O–H groups in total. The van der Waals surface area contributed by atoms with Crippen molar-refractivity contribution in [2.24, 2.45) is 0 Å². The van der Waals surface area contributed by atoms with Gasteiger partial charge in [-0.15, -0.1) is 0 Å². The SMILES string of the molecule is COC(=O)C(=C1c2cc(Br)ccc2-c2ccc(Br)cc21)/C(=C(\[O-])OC)[n+]1cccc(C)n1. The van der Waals surface area contributed by atoms with Gasteiger partial charge < -0.3 is 14.6 Å². The van der Waals surface area contributed by atoms with E-state index in [9.17, 15) is 9.90 Å². The molecule has 0 saturated carbocycles. The molecule has 0 fully saturated rings. The second-order valence-corrected chi connectivity index (χ2v) is 8.89. The summed E-state index contributed by atoms with van der Waals surface area (Å²) in [5.41, 5.74) is 4.75. The quantitative estimate of drug-likeness (QED) is 0.164. The van der Waals surface area contributed by atoms with Crippen molar-refractivity contribution in [2.45, 2.75) is 6.92 Å². The summed E-state index contributed by atoms with van der Waals surface area (Å²) in [5, 5.41) is 17.4. The van der Waals surface area contributed by atoms with Crippen molar-refractivity contribution >= 4 is 49.1 Å². The van der Waals surface area contributed by atoms with Crippen molar-refractivity contribution in [3.8, 4) is 11.1 Å². The molecule has 32 heavy (non-hydrogen) atoms. The largest absolute Gasteiger partial charge is 0.612 e. The van der Waals surface area contributed by atoms with Gasteiger partial charge in [-0.1, -0.05) is 44.0 Å². The van der Waals surface area contributed by atoms with Crippen LogP contribution in [0.1, 0.15) is 16.8 Å². The number of aryl methyl sites for hydroxylation is 1. The van der Waals surface area contributed by atoms with Crippen LogP contribution in [0, 0.1) is 6.92 Å². The summed E-state index contributed by atoms with van der Waals surface area (Å²) in [6, 6.07) is 15.2. The van der Waals surface area contributed by atoms with Gasteiger partial charge in [0.05, 0.1) is 7.11 Å². The van der Waals surface area contributed by atoms with Gasteiger partial charge in [-0.25, -0.2) is 4.79 Å². The Bertz CT molecular complexity index is 1260. The predicted octanol–water partition coefficient (Wildman–Crippen LogP) is 3.99. The Morgan fingerprint density at radius 2 is 1.53 bits per heavy atom. The van der Waals surface area contributed by atoms with E-state index >= 15 is 0 Å². The minimum atomic E-state index is -0.707. The van der Waals surface area contributed by atoms with E-state index in [0.29, 0.717) is 11.3 Å². The van der Waals surface area contributed by atoms with Gasteiger partial charge in [0.1, 0.15) is 17.2 Å². The van der Waals surface area contributed by atoms with Crippen LogP contribution in [-0.4, -0.2) is 25.3 Å². The van der Waals surface area contributed by atoms with Crippen molar-refractivity contribution < 1.29 is 24.1 Å². The Hall–Kier alpha value is -2.97. The van der Waals surface area contributed by atoms with Crippen molar-refractivity contribution in [2.75, 3.05) is 14.2 Å². The van der Waals surface area contributed by atoms with E-state index in [-0.39, 0.29) is 11.3 Å². The minimum Gasteiger partial charge on any atom is -0.612 e. The average molecular weight is 558 g/mol. The lowest BCUT2D eigenvalue weighted by atomic mass is 9.95. The number of aromatic nitrogens is 2. The maximum atomic E-state index is 13.2. The van der Waals surface area contributed by atoms with Crippen LogP contribution >= 0.6 is 31.9 Å². The number of carbonyl (C=O) groups is 1. The Morgan fingerprint density at radius 1 is 0.938 bits per heavy atom. The molecule has 0 radical (unpaired) electrons. The molecule has 0 saturated heterocycles. The number of fused-ring (bicyclic) bond motifs is 3. The zero-order valence-corrected chi connectivity index (χ0v) is 20.7. The first kappa shape index (κ1) is 22.2. The second-order valence-electron chi connectivity index (χ2n) is 7.06. The van der Waals surface area contributed by atoms with E-state index < -0.39 is 11.9 Å². The molecule has 1 aliphatic carbocycles. The molecule has 3 aromatic rings. The summed E-state index contributed by atoms with van der Waals surface area (Å²) in [5.74, 6) is -1.38. The number of hydrogen-bond donors (Lipinski definition) is 0. The van der Waals surface area contributed by atoms with Gasteiger partial charge in [-0.2, -0.15) is 0 Å². The third kappa shape index (κ3) is 3.84. The normalized spacial score (nSPS) is 12.6. The number of rotatable bonds is 4. The highest BCUT2D eigenvalue weighted by atomic mass is 79.9. The molecule has 0 atom stereocenters. The standard InChI is InChI=1S/C24H18Br2N2O4/c1-13-5-4-10-28(27-13)22(24(30)32-3)21(23(29)31-2)20-18-11-14(25)6-8-16(18)17-9-7-15(26)12-19(17)20/h4-12H,1-3H3. The number of ether oxygens (including phenoxy) is 2. The van der Waals surface area contributed by atoms with Gasteiger partial charge in [0, 0.05) is 25.7 Å². The second kappa shape index (κ2) is 8.88. The minimum absolute atomic E-state index is 0.0307. The summed E-state index contributed by atoms with van der Waals surface area (Å²) in [7, 11) is 2.55. The molecule has 1 heterocycles. The summed E-state index contributed by atoms with van der Waals surface area (Å²) >= 11 is 7.05. The Morgan fingerprint density at radius 3 is 2.03 bits per heavy atom. The molecule has 2 aromatic carbocycles. The van der Waals surface area contributed by atoms with Crippen LogP contribution in [0.3, 0.4) is 0 Å². The first-order valence-corrected chi connectivity index (χ1v) is 11.2. The Labute approximate surface area is 202 Å². The van der Waals surface area contributed by atoms with Crippen LogP contribution in [0.2, 0.25) is 0 Å². The van der Waals surface area contributed by atoms with Crippen LogP contribution in [0.25, 0.3) is 22.4 Å². The van der Waals surface area contributed by atoms with E-state index in [1.165, 1.54) is 18.9 Å². The smallest absolute Gasteiger partial charge is 0.345 e. The molecule has 162 valence electrons. The molecule has 0 spiro atoms. The highest BCUT2D eigenvalue weighted by Gasteiger charge is 2.36. The third-order valence-corrected chi connectivity index (χ3v) is 6.09. The molecule has 0 amide bonds. The van der Waals surface area contributed by atoms with Gasteiger partial charge >= 0.3 is 5.97 Å². The van der Waals surface area contributed by atoms with E-state index in [0.717, 1.165) is 31.2 Å². The first-order valence-electron chi connectivity index (χ1n) is 9.60. The van der Waals surface area contributed by atoms with E-state index in [1.807, 2.05) is 36.4 Å². The average Bonchev–Trinajstić information content (AvgIpc) is 3.08. The first-order chi connectivity index (χ1) is 15.3. The molecule has 1 aliphatic rings. The summed E-state index contributed by atoms with van der Waals surface area (Å²) in [6.07, 6.45) is 1.60. The molecular formula is C24H18Br2N2O4. The van der Waals surface area contributed by atoms with Crippen LogP contribution in [0.5, 0.6) is 0 Å². The number of carbonyl (C=O) groups excluding carboxylic acids is 1. The lowest BCUT2D eigenvalue weighted by molar-refractivity contribution is -0.650. The highest BCUT2D eigenvalue weighted by Crippen LogP contribution is 2.48. The van der Waals surface area contributed by atoms with Gasteiger partial charge in [0.2, 0.25) is 6.20 Å². The summed E-state index contributed by atoms with van der Waals surface area (Å²) in [6.45, 7) is 1.80. The maximum absolute atomic E-state index is 13.2. The van der Waals surface area contributed by atoms with Crippen LogP contribution in [0.4, 0.5) is 0 Å². The van der Waals surface area contributed by atoms with Crippen molar-refractivity contribution in [3.05, 3.63) is 92.0 Å². The van der Waals surface area contributed by atoms with Gasteiger partial charge in [0.25, 0.3) is 5.70 Å². The van der Waals surface area contributed by atoms with Crippen molar-refractivity contribution in [1.82, 2.24) is 5.10 Å². The molecule has 0 aliphatic heterocycles. The lowest BCUT2D eigenvalue weighted by Crippen LogP contribution is -2.42. The molecule has 1 aromatic heterocycles. The topological polar surface area (TPSA) is 75.4 Å². The van der Waals surface area contributed by atoms with Crippen molar-refractivity contribution in [3.63, 3.8) is 0 Å². The fraction of sp³-hybridized carbons (Fsp3) is 0.125. The molecule has 6 nitrogen and oxygen atoms in total. The van der Waals surface area contributed by atoms with Crippen LogP contribution in [0.15, 0.2) is 75.2 Å². The molecule has 4 rings (SSSR count). The number of nitrogens with zero attached hydrogens (tertiary/aromatic N) is 2. The number of benzene rings is 2. The summed E-state index contributed by atoms with van der Waals surface area (Å²) < 4.78 is 13.3. The number of halogens is 2. The predicted molar refractivity (Wildman–Crippen MR) is 125 cm³/mol. The fourth-order valence-electron chi connectivity index (χ4n) is 3.78.